The number of aromatic amines is 1. The zero-order chi connectivity index (χ0) is 15.7. The van der Waals surface area contributed by atoms with Gasteiger partial charge in [0.1, 0.15) is 0 Å². The van der Waals surface area contributed by atoms with E-state index in [1.54, 1.807) is 4.98 Å². The third-order valence-corrected chi connectivity index (χ3v) is 2.86. The quantitative estimate of drug-likeness (QED) is 0.485. The Morgan fingerprint density at radius 1 is 1.09 bits per heavy atom. The topological polar surface area (TPSA) is 161 Å². The van der Waals surface area contributed by atoms with Gasteiger partial charge < -0.3 is 17.1 Å². The maximum absolute atomic E-state index is 11.8. The smallest absolute Gasteiger partial charge is 1.00 e. The van der Waals surface area contributed by atoms with Gasteiger partial charge in [-0.05, 0) is 24.3 Å². The Balaban J connectivity index is 0. The molecule has 0 unspecified atom stereocenters. The molecule has 9 nitrogen and oxygen atoms in total. The Labute approximate surface area is 176 Å². The Bertz CT molecular complexity index is 863. The number of hydrogen-bond acceptors (Lipinski definition) is 4. The normalized spacial score (nSPS) is 9.43. The van der Waals surface area contributed by atoms with E-state index < -0.39 is 34.4 Å². The molecule has 2 aromatic rings. The van der Waals surface area contributed by atoms with Crippen LogP contribution in [0.4, 0.5) is 0 Å². The van der Waals surface area contributed by atoms with Crippen molar-refractivity contribution >= 4 is 23.5 Å². The first-order valence-corrected chi connectivity index (χ1v) is 5.82. The minimum atomic E-state index is -1.75. The summed E-state index contributed by atoms with van der Waals surface area (Å²) in [6.07, 6.45) is 0. The van der Waals surface area contributed by atoms with Crippen LogP contribution in [0.3, 0.4) is 0 Å². The van der Waals surface area contributed by atoms with Crippen molar-refractivity contribution in [1.82, 2.24) is 9.55 Å². The van der Waals surface area contributed by atoms with Crippen LogP contribution in [0.2, 0.25) is 5.02 Å². The first kappa shape index (κ1) is 21.7. The molecule has 0 saturated carbocycles. The van der Waals surface area contributed by atoms with E-state index in [4.69, 9.17) is 21.8 Å². The second kappa shape index (κ2) is 8.54. The zero-order valence-corrected chi connectivity index (χ0v) is 15.5. The molecule has 0 saturated heterocycles. The summed E-state index contributed by atoms with van der Waals surface area (Å²) in [5, 5.41) is 18.5. The first-order valence-electron chi connectivity index (χ1n) is 5.44. The van der Waals surface area contributed by atoms with Gasteiger partial charge in [-0.2, -0.15) is 0 Å². The standard InChI is InChI=1S/C12H7ClN2O6.K.H2O.H/c13-5-1-3-6(4-2-5)15-8(11(19)20)7(10(17)18)9(16)14-12(15)21;;;/h1-4H,(H,17,18)(H,19,20)(H,14,16,21);;1H2;/q;+1;;-1. The number of halogens is 1. The predicted octanol–water partition coefficient (Wildman–Crippen LogP) is -3.13. The molecule has 1 heterocycles. The number of nitrogens with one attached hydrogen (secondary N) is 1. The van der Waals surface area contributed by atoms with E-state index >= 15 is 0 Å². The largest absolute Gasteiger partial charge is 1.00 e. The van der Waals surface area contributed by atoms with Crippen LogP contribution in [0.5, 0.6) is 0 Å². The van der Waals surface area contributed by atoms with Crippen LogP contribution in [-0.4, -0.2) is 37.2 Å². The molecule has 0 aliphatic rings. The molecule has 0 bridgehead atoms. The molecule has 5 N–H and O–H groups in total. The van der Waals surface area contributed by atoms with E-state index in [2.05, 4.69) is 0 Å². The van der Waals surface area contributed by atoms with Crippen LogP contribution in [-0.2, 0) is 0 Å². The van der Waals surface area contributed by atoms with Crippen molar-refractivity contribution in [2.24, 2.45) is 0 Å². The fourth-order valence-corrected chi connectivity index (χ4v) is 1.90. The second-order valence-corrected chi connectivity index (χ2v) is 4.34. The van der Waals surface area contributed by atoms with Crippen molar-refractivity contribution in [3.05, 3.63) is 61.4 Å². The van der Waals surface area contributed by atoms with Gasteiger partial charge in [0.15, 0.2) is 11.3 Å². The van der Waals surface area contributed by atoms with Crippen LogP contribution in [0.25, 0.3) is 5.69 Å². The van der Waals surface area contributed by atoms with Gasteiger partial charge in [-0.3, -0.25) is 14.3 Å². The molecular weight excluding hydrogens is 359 g/mol. The number of carbonyl (C=O) groups is 2. The fourth-order valence-electron chi connectivity index (χ4n) is 1.77. The van der Waals surface area contributed by atoms with Gasteiger partial charge in [0.05, 0.1) is 5.69 Å². The van der Waals surface area contributed by atoms with Crippen LogP contribution >= 0.6 is 11.6 Å². The van der Waals surface area contributed by atoms with E-state index in [1.165, 1.54) is 24.3 Å². The molecule has 0 amide bonds. The number of hydrogen-bond donors (Lipinski definition) is 3. The van der Waals surface area contributed by atoms with Gasteiger partial charge in [0, 0.05) is 5.02 Å². The molecule has 23 heavy (non-hydrogen) atoms. The fraction of sp³-hybridized carbons (Fsp3) is 0. The number of carboxylic acids is 2. The molecule has 0 spiro atoms. The number of benzene rings is 1. The summed E-state index contributed by atoms with van der Waals surface area (Å²) in [5.74, 6) is -3.47. The monoisotopic (exact) mass is 368 g/mol. The number of H-pyrrole nitrogens is 1. The molecule has 0 aliphatic heterocycles. The predicted molar refractivity (Wildman–Crippen MR) is 76.3 cm³/mol. The van der Waals surface area contributed by atoms with Crippen molar-refractivity contribution in [3.8, 4) is 5.69 Å². The molecule has 0 aliphatic carbocycles. The Morgan fingerprint density at radius 3 is 2.04 bits per heavy atom. The van der Waals surface area contributed by atoms with Gasteiger partial charge in [-0.15, -0.1) is 0 Å². The number of aromatic carboxylic acids is 2. The number of carboxylic acid groups (broad SMARTS) is 2. The number of nitrogens with zero attached hydrogens (tertiary/aromatic N) is 1. The van der Waals surface area contributed by atoms with Gasteiger partial charge in [0.2, 0.25) is 0 Å². The minimum absolute atomic E-state index is 0. The van der Waals surface area contributed by atoms with Gasteiger partial charge in [-0.1, -0.05) is 11.6 Å². The Kier molecular flexibility index (Phi) is 8.07. The summed E-state index contributed by atoms with van der Waals surface area (Å²) in [6, 6.07) is 5.42. The molecule has 1 aromatic carbocycles. The Morgan fingerprint density at radius 2 is 1.61 bits per heavy atom. The maximum atomic E-state index is 11.8. The average molecular weight is 369 g/mol. The van der Waals surface area contributed by atoms with E-state index in [9.17, 15) is 19.2 Å². The van der Waals surface area contributed by atoms with Crippen molar-refractivity contribution in [2.45, 2.75) is 0 Å². The molecule has 0 radical (unpaired) electrons. The minimum Gasteiger partial charge on any atom is -1.00 e. The van der Waals surface area contributed by atoms with Crippen LogP contribution < -0.4 is 62.6 Å². The van der Waals surface area contributed by atoms with Gasteiger partial charge >= 0.3 is 69.0 Å². The summed E-state index contributed by atoms with van der Waals surface area (Å²) in [6.45, 7) is 0. The number of rotatable bonds is 3. The molecule has 0 atom stereocenters. The zero-order valence-electron chi connectivity index (χ0n) is 12.7. The van der Waals surface area contributed by atoms with E-state index in [0.29, 0.717) is 9.59 Å². The molecule has 0 fully saturated rings. The molecule has 1 aromatic heterocycles. The second-order valence-electron chi connectivity index (χ2n) is 3.91. The van der Waals surface area contributed by atoms with Crippen molar-refractivity contribution in [1.29, 1.82) is 0 Å². The molecular formula is C12H10ClKN2O7. The SMILES string of the molecule is O.O=C(O)c1c(C(=O)O)n(-c2ccc(Cl)cc2)c(=O)[nH]c1=O.[H-].[K+]. The van der Waals surface area contributed by atoms with Crippen molar-refractivity contribution in [2.75, 3.05) is 0 Å². The van der Waals surface area contributed by atoms with E-state index in [1.807, 2.05) is 0 Å². The first-order chi connectivity index (χ1) is 9.82. The molecule has 2 rings (SSSR count). The summed E-state index contributed by atoms with van der Waals surface area (Å²) in [4.78, 5) is 47.5. The van der Waals surface area contributed by atoms with Crippen molar-refractivity contribution in [3.63, 3.8) is 0 Å². The van der Waals surface area contributed by atoms with Crippen LogP contribution in [0.1, 0.15) is 22.3 Å². The number of aromatic nitrogens is 2. The third kappa shape index (κ3) is 4.38. The van der Waals surface area contributed by atoms with Crippen LogP contribution in [0, 0.1) is 0 Å². The maximum Gasteiger partial charge on any atom is 1.00 e. The average Bonchev–Trinajstić information content (AvgIpc) is 2.38. The van der Waals surface area contributed by atoms with E-state index in [-0.39, 0.29) is 64.0 Å². The summed E-state index contributed by atoms with van der Waals surface area (Å²) < 4.78 is 0.587. The third-order valence-electron chi connectivity index (χ3n) is 2.61. The summed E-state index contributed by atoms with van der Waals surface area (Å²) in [7, 11) is 0. The van der Waals surface area contributed by atoms with Crippen LogP contribution in [0.15, 0.2) is 33.9 Å². The van der Waals surface area contributed by atoms with Gasteiger partial charge in [0.25, 0.3) is 5.56 Å². The van der Waals surface area contributed by atoms with Crippen molar-refractivity contribution < 1.29 is 78.1 Å². The van der Waals surface area contributed by atoms with E-state index in [0.717, 1.165) is 0 Å². The summed E-state index contributed by atoms with van der Waals surface area (Å²) >= 11 is 5.69. The van der Waals surface area contributed by atoms with Gasteiger partial charge in [-0.25, -0.2) is 14.4 Å². The molecule has 11 heteroatoms. The summed E-state index contributed by atoms with van der Waals surface area (Å²) in [5.41, 5.74) is -4.25. The Hall–Kier alpha value is -1.27. The molecule has 118 valence electrons.